The predicted molar refractivity (Wildman–Crippen MR) is 60.8 cm³/mol. The number of piperazine rings is 1. The van der Waals surface area contributed by atoms with Gasteiger partial charge >= 0.3 is 0 Å². The van der Waals surface area contributed by atoms with Gasteiger partial charge in [-0.15, -0.1) is 0 Å². The normalized spacial score (nSPS) is 23.2. The molecular weight excluding hydrogens is 188 g/mol. The summed E-state index contributed by atoms with van der Waals surface area (Å²) in [5, 5.41) is 3.52. The molecule has 0 bridgehead atoms. The standard InChI is InChI=1S/C12H20N2O/c1-3-11-8-14(7-6-13-11)9-12-5-4-10(2)15-12/h4-5,11,13H,3,6-9H2,1-2H3. The van der Waals surface area contributed by atoms with Crippen molar-refractivity contribution in [2.75, 3.05) is 19.6 Å². The van der Waals surface area contributed by atoms with E-state index in [0.717, 1.165) is 37.7 Å². The lowest BCUT2D eigenvalue weighted by Gasteiger charge is -2.32. The molecule has 3 nitrogen and oxygen atoms in total. The van der Waals surface area contributed by atoms with Crippen LogP contribution in [0.2, 0.25) is 0 Å². The number of aryl methyl sites for hydroxylation is 1. The summed E-state index contributed by atoms with van der Waals surface area (Å²) in [7, 11) is 0. The average Bonchev–Trinajstić information content (AvgIpc) is 2.64. The Morgan fingerprint density at radius 3 is 3.07 bits per heavy atom. The summed E-state index contributed by atoms with van der Waals surface area (Å²) < 4.78 is 5.59. The van der Waals surface area contributed by atoms with Crippen molar-refractivity contribution in [2.24, 2.45) is 0 Å². The third kappa shape index (κ3) is 2.83. The molecule has 15 heavy (non-hydrogen) atoms. The Bertz CT molecular complexity index is 308. The molecule has 1 N–H and O–H groups in total. The number of rotatable bonds is 3. The number of nitrogens with one attached hydrogen (secondary N) is 1. The van der Waals surface area contributed by atoms with Crippen LogP contribution in [0.5, 0.6) is 0 Å². The van der Waals surface area contributed by atoms with Gasteiger partial charge in [0.05, 0.1) is 6.54 Å². The Balaban J connectivity index is 1.88. The SMILES string of the molecule is CCC1CN(Cc2ccc(C)o2)CCN1. The average molecular weight is 208 g/mol. The molecule has 2 heterocycles. The van der Waals surface area contributed by atoms with E-state index in [1.165, 1.54) is 6.42 Å². The maximum atomic E-state index is 5.59. The van der Waals surface area contributed by atoms with Gasteiger partial charge in [-0.1, -0.05) is 6.92 Å². The molecular formula is C12H20N2O. The highest BCUT2D eigenvalue weighted by molar-refractivity contribution is 5.05. The van der Waals surface area contributed by atoms with E-state index >= 15 is 0 Å². The fourth-order valence-electron chi connectivity index (χ4n) is 2.10. The molecule has 84 valence electrons. The van der Waals surface area contributed by atoms with Crippen LogP contribution in [0.25, 0.3) is 0 Å². The van der Waals surface area contributed by atoms with Crippen molar-refractivity contribution in [3.05, 3.63) is 23.7 Å². The molecule has 1 aliphatic heterocycles. The van der Waals surface area contributed by atoms with Crippen LogP contribution in [0.3, 0.4) is 0 Å². The van der Waals surface area contributed by atoms with Gasteiger partial charge in [-0.2, -0.15) is 0 Å². The zero-order chi connectivity index (χ0) is 10.7. The van der Waals surface area contributed by atoms with Crippen LogP contribution >= 0.6 is 0 Å². The minimum Gasteiger partial charge on any atom is -0.465 e. The number of hydrogen-bond acceptors (Lipinski definition) is 3. The molecule has 0 saturated carbocycles. The lowest BCUT2D eigenvalue weighted by molar-refractivity contribution is 0.177. The molecule has 1 aromatic rings. The predicted octanol–water partition coefficient (Wildman–Crippen LogP) is 1.77. The van der Waals surface area contributed by atoms with Gasteiger partial charge in [-0.05, 0) is 25.5 Å². The molecule has 1 aliphatic rings. The molecule has 0 radical (unpaired) electrons. The van der Waals surface area contributed by atoms with E-state index in [9.17, 15) is 0 Å². The molecule has 0 amide bonds. The smallest absolute Gasteiger partial charge is 0.118 e. The first-order chi connectivity index (χ1) is 7.28. The molecule has 3 heteroatoms. The van der Waals surface area contributed by atoms with E-state index in [-0.39, 0.29) is 0 Å². The fraction of sp³-hybridized carbons (Fsp3) is 0.667. The van der Waals surface area contributed by atoms with Crippen molar-refractivity contribution < 1.29 is 4.42 Å². The van der Waals surface area contributed by atoms with Crippen molar-refractivity contribution in [1.82, 2.24) is 10.2 Å². The highest BCUT2D eigenvalue weighted by Crippen LogP contribution is 2.11. The topological polar surface area (TPSA) is 28.4 Å². The van der Waals surface area contributed by atoms with E-state index in [0.29, 0.717) is 6.04 Å². The molecule has 0 aliphatic carbocycles. The van der Waals surface area contributed by atoms with E-state index in [1.807, 2.05) is 13.0 Å². The molecule has 1 atom stereocenters. The van der Waals surface area contributed by atoms with Crippen LogP contribution in [-0.2, 0) is 6.54 Å². The van der Waals surface area contributed by atoms with Crippen molar-refractivity contribution in [3.8, 4) is 0 Å². The van der Waals surface area contributed by atoms with Gasteiger partial charge in [0, 0.05) is 25.7 Å². The van der Waals surface area contributed by atoms with Gasteiger partial charge in [0.15, 0.2) is 0 Å². The first-order valence-corrected chi connectivity index (χ1v) is 5.79. The number of furan rings is 1. The maximum absolute atomic E-state index is 5.59. The summed E-state index contributed by atoms with van der Waals surface area (Å²) in [6.07, 6.45) is 1.20. The summed E-state index contributed by atoms with van der Waals surface area (Å²) in [5.41, 5.74) is 0. The second-order valence-electron chi connectivity index (χ2n) is 4.31. The Kier molecular flexibility index (Phi) is 3.44. The summed E-state index contributed by atoms with van der Waals surface area (Å²) in [4.78, 5) is 2.46. The molecule has 1 unspecified atom stereocenters. The maximum Gasteiger partial charge on any atom is 0.118 e. The van der Waals surface area contributed by atoms with Gasteiger partial charge in [0.25, 0.3) is 0 Å². The Morgan fingerprint density at radius 1 is 1.53 bits per heavy atom. The first-order valence-electron chi connectivity index (χ1n) is 5.79. The summed E-state index contributed by atoms with van der Waals surface area (Å²) in [5.74, 6) is 2.09. The van der Waals surface area contributed by atoms with Crippen LogP contribution in [0, 0.1) is 6.92 Å². The third-order valence-electron chi connectivity index (χ3n) is 3.01. The van der Waals surface area contributed by atoms with Gasteiger partial charge in [-0.3, -0.25) is 4.90 Å². The Labute approximate surface area is 91.4 Å². The summed E-state index contributed by atoms with van der Waals surface area (Å²) in [6.45, 7) is 8.53. The first kappa shape index (κ1) is 10.7. The van der Waals surface area contributed by atoms with Crippen LogP contribution in [-0.4, -0.2) is 30.6 Å². The highest BCUT2D eigenvalue weighted by Gasteiger charge is 2.18. The van der Waals surface area contributed by atoms with Crippen LogP contribution in [0.4, 0.5) is 0 Å². The van der Waals surface area contributed by atoms with Crippen LogP contribution in [0.1, 0.15) is 24.9 Å². The Hall–Kier alpha value is -0.800. The molecule has 1 aromatic heterocycles. The quantitative estimate of drug-likeness (QED) is 0.820. The fourth-order valence-corrected chi connectivity index (χ4v) is 2.10. The molecule has 1 saturated heterocycles. The van der Waals surface area contributed by atoms with Crippen LogP contribution in [0.15, 0.2) is 16.5 Å². The molecule has 0 aromatic carbocycles. The van der Waals surface area contributed by atoms with E-state index in [1.54, 1.807) is 0 Å². The zero-order valence-electron chi connectivity index (χ0n) is 9.62. The van der Waals surface area contributed by atoms with Gasteiger partial charge < -0.3 is 9.73 Å². The van der Waals surface area contributed by atoms with Gasteiger partial charge in [0.1, 0.15) is 11.5 Å². The Morgan fingerprint density at radius 2 is 2.40 bits per heavy atom. The molecule has 1 fully saturated rings. The minimum atomic E-state index is 0.648. The van der Waals surface area contributed by atoms with E-state index in [2.05, 4.69) is 23.2 Å². The van der Waals surface area contributed by atoms with Crippen molar-refractivity contribution in [1.29, 1.82) is 0 Å². The second kappa shape index (κ2) is 4.81. The van der Waals surface area contributed by atoms with Crippen molar-refractivity contribution >= 4 is 0 Å². The lowest BCUT2D eigenvalue weighted by Crippen LogP contribution is -2.49. The lowest BCUT2D eigenvalue weighted by atomic mass is 10.1. The summed E-state index contributed by atoms with van der Waals surface area (Å²) >= 11 is 0. The van der Waals surface area contributed by atoms with Crippen molar-refractivity contribution in [2.45, 2.75) is 32.9 Å². The van der Waals surface area contributed by atoms with E-state index < -0.39 is 0 Å². The minimum absolute atomic E-state index is 0.648. The van der Waals surface area contributed by atoms with Gasteiger partial charge in [0.2, 0.25) is 0 Å². The van der Waals surface area contributed by atoms with Crippen molar-refractivity contribution in [3.63, 3.8) is 0 Å². The summed E-state index contributed by atoms with van der Waals surface area (Å²) in [6, 6.07) is 4.77. The molecule has 2 rings (SSSR count). The monoisotopic (exact) mass is 208 g/mol. The number of nitrogens with zero attached hydrogens (tertiary/aromatic N) is 1. The van der Waals surface area contributed by atoms with E-state index in [4.69, 9.17) is 4.42 Å². The second-order valence-corrected chi connectivity index (χ2v) is 4.31. The number of hydrogen-bond donors (Lipinski definition) is 1. The molecule has 0 spiro atoms. The van der Waals surface area contributed by atoms with Gasteiger partial charge in [-0.25, -0.2) is 0 Å². The zero-order valence-corrected chi connectivity index (χ0v) is 9.62. The third-order valence-corrected chi connectivity index (χ3v) is 3.01. The largest absolute Gasteiger partial charge is 0.465 e. The highest BCUT2D eigenvalue weighted by atomic mass is 16.3. The van der Waals surface area contributed by atoms with Crippen LogP contribution < -0.4 is 5.32 Å².